The van der Waals surface area contributed by atoms with Crippen molar-refractivity contribution in [1.29, 1.82) is 0 Å². The number of hydrogen-bond donors (Lipinski definition) is 1. The molecule has 0 heterocycles. The van der Waals surface area contributed by atoms with Gasteiger partial charge in [-0.15, -0.1) is 0 Å². The predicted molar refractivity (Wildman–Crippen MR) is 78.1 cm³/mol. The maximum atomic E-state index is 5.76. The van der Waals surface area contributed by atoms with Crippen molar-refractivity contribution in [2.75, 3.05) is 13.2 Å². The van der Waals surface area contributed by atoms with Crippen LogP contribution in [0.5, 0.6) is 5.75 Å². The third-order valence-corrected chi connectivity index (χ3v) is 3.32. The Bertz CT molecular complexity index is 360. The molecule has 0 aliphatic carbocycles. The molecule has 0 aromatic heterocycles. The van der Waals surface area contributed by atoms with Crippen molar-refractivity contribution >= 4 is 0 Å². The van der Waals surface area contributed by atoms with E-state index in [1.54, 1.807) is 0 Å². The van der Waals surface area contributed by atoms with Gasteiger partial charge in [-0.1, -0.05) is 46.8 Å². The van der Waals surface area contributed by atoms with Crippen LogP contribution in [0.3, 0.4) is 0 Å². The number of rotatable bonds is 5. The molecule has 0 fully saturated rings. The van der Waals surface area contributed by atoms with Gasteiger partial charge in [-0.05, 0) is 41.5 Å². The first-order valence-corrected chi connectivity index (χ1v) is 6.68. The van der Waals surface area contributed by atoms with E-state index < -0.39 is 0 Å². The van der Waals surface area contributed by atoms with Crippen molar-refractivity contribution in [2.24, 2.45) is 11.1 Å². The van der Waals surface area contributed by atoms with Gasteiger partial charge in [0, 0.05) is 0 Å². The molecule has 0 spiro atoms. The first-order valence-electron chi connectivity index (χ1n) is 6.68. The van der Waals surface area contributed by atoms with Crippen LogP contribution in [0.25, 0.3) is 0 Å². The zero-order valence-electron chi connectivity index (χ0n) is 12.4. The lowest BCUT2D eigenvalue weighted by Gasteiger charge is -2.22. The molecule has 0 radical (unpaired) electrons. The van der Waals surface area contributed by atoms with Crippen LogP contribution < -0.4 is 10.5 Å². The zero-order chi connectivity index (χ0) is 13.8. The summed E-state index contributed by atoms with van der Waals surface area (Å²) < 4.78 is 5.76. The Balaban J connectivity index is 2.50. The second-order valence-corrected chi connectivity index (χ2v) is 6.74. The third-order valence-electron chi connectivity index (χ3n) is 3.32. The van der Waals surface area contributed by atoms with E-state index in [0.717, 1.165) is 18.8 Å². The van der Waals surface area contributed by atoms with Crippen LogP contribution in [-0.2, 0) is 5.41 Å². The largest absolute Gasteiger partial charge is 0.494 e. The molecular weight excluding hydrogens is 222 g/mol. The Kier molecular flexibility index (Phi) is 4.80. The van der Waals surface area contributed by atoms with Gasteiger partial charge in [0.05, 0.1) is 6.61 Å². The Morgan fingerprint density at radius 2 is 1.56 bits per heavy atom. The summed E-state index contributed by atoms with van der Waals surface area (Å²) in [6.45, 7) is 12.4. The molecule has 1 aromatic carbocycles. The van der Waals surface area contributed by atoms with Crippen LogP contribution in [0.2, 0.25) is 0 Å². The summed E-state index contributed by atoms with van der Waals surface area (Å²) in [7, 11) is 0. The minimum absolute atomic E-state index is 0.158. The van der Waals surface area contributed by atoms with Crippen LogP contribution in [0, 0.1) is 5.41 Å². The lowest BCUT2D eigenvalue weighted by atomic mass is 9.87. The molecule has 2 N–H and O–H groups in total. The fraction of sp³-hybridized carbons (Fsp3) is 0.625. The molecule has 0 aliphatic heterocycles. The maximum absolute atomic E-state index is 5.76. The Hall–Kier alpha value is -1.02. The smallest absolute Gasteiger partial charge is 0.119 e. The molecule has 1 aromatic rings. The van der Waals surface area contributed by atoms with Gasteiger partial charge in [0.15, 0.2) is 0 Å². The van der Waals surface area contributed by atoms with Gasteiger partial charge in [-0.25, -0.2) is 0 Å². The average Bonchev–Trinajstić information content (AvgIpc) is 2.28. The minimum atomic E-state index is 0.158. The molecule has 0 aliphatic rings. The lowest BCUT2D eigenvalue weighted by Crippen LogP contribution is -2.25. The zero-order valence-corrected chi connectivity index (χ0v) is 12.4. The van der Waals surface area contributed by atoms with E-state index >= 15 is 0 Å². The van der Waals surface area contributed by atoms with Crippen LogP contribution in [0.4, 0.5) is 0 Å². The van der Waals surface area contributed by atoms with Gasteiger partial charge in [-0.3, -0.25) is 0 Å². The van der Waals surface area contributed by atoms with E-state index in [4.69, 9.17) is 10.5 Å². The Labute approximate surface area is 112 Å². The maximum Gasteiger partial charge on any atom is 0.119 e. The molecule has 0 unspecified atom stereocenters. The van der Waals surface area contributed by atoms with Crippen molar-refractivity contribution in [3.05, 3.63) is 29.8 Å². The summed E-state index contributed by atoms with van der Waals surface area (Å²) in [5.74, 6) is 0.941. The second kappa shape index (κ2) is 5.75. The van der Waals surface area contributed by atoms with Gasteiger partial charge >= 0.3 is 0 Å². The van der Waals surface area contributed by atoms with E-state index in [9.17, 15) is 0 Å². The predicted octanol–water partition coefficient (Wildman–Crippen LogP) is 3.74. The fourth-order valence-electron chi connectivity index (χ4n) is 1.60. The Morgan fingerprint density at radius 1 is 1.00 bits per heavy atom. The molecule has 0 saturated carbocycles. The van der Waals surface area contributed by atoms with Crippen molar-refractivity contribution in [2.45, 2.75) is 46.5 Å². The summed E-state index contributed by atoms with van der Waals surface area (Å²) in [6, 6.07) is 8.39. The number of benzene rings is 1. The van der Waals surface area contributed by atoms with Crippen molar-refractivity contribution in [3.8, 4) is 5.75 Å². The quantitative estimate of drug-likeness (QED) is 0.862. The third kappa shape index (κ3) is 4.69. The fourth-order valence-corrected chi connectivity index (χ4v) is 1.60. The first-order chi connectivity index (χ1) is 8.24. The van der Waals surface area contributed by atoms with E-state index in [1.165, 1.54) is 5.56 Å². The first kappa shape index (κ1) is 15.0. The van der Waals surface area contributed by atoms with E-state index in [-0.39, 0.29) is 10.8 Å². The van der Waals surface area contributed by atoms with Crippen molar-refractivity contribution in [1.82, 2.24) is 0 Å². The molecule has 2 heteroatoms. The number of ether oxygens (including phenoxy) is 1. The topological polar surface area (TPSA) is 35.2 Å². The monoisotopic (exact) mass is 249 g/mol. The molecular formula is C16H27NO. The van der Waals surface area contributed by atoms with Gasteiger partial charge in [0.1, 0.15) is 5.75 Å². The van der Waals surface area contributed by atoms with Crippen LogP contribution in [0.1, 0.15) is 46.6 Å². The molecule has 1 rings (SSSR count). The van der Waals surface area contributed by atoms with Crippen LogP contribution >= 0.6 is 0 Å². The lowest BCUT2D eigenvalue weighted by molar-refractivity contribution is 0.233. The standard InChI is InChI=1S/C16H27NO/c1-15(2,3)13-6-8-14(9-7-13)18-11-10-16(4,5)12-17/h6-9H,10-12,17H2,1-5H3. The number of nitrogens with two attached hydrogens (primary N) is 1. The summed E-state index contributed by atoms with van der Waals surface area (Å²) in [5.41, 5.74) is 7.38. The highest BCUT2D eigenvalue weighted by molar-refractivity contribution is 5.31. The van der Waals surface area contributed by atoms with Gasteiger partial charge in [-0.2, -0.15) is 0 Å². The Morgan fingerprint density at radius 3 is 2.00 bits per heavy atom. The van der Waals surface area contributed by atoms with E-state index in [0.29, 0.717) is 6.54 Å². The molecule has 18 heavy (non-hydrogen) atoms. The normalized spacial score (nSPS) is 12.6. The highest BCUT2D eigenvalue weighted by Crippen LogP contribution is 2.25. The average molecular weight is 249 g/mol. The summed E-state index contributed by atoms with van der Waals surface area (Å²) in [6.07, 6.45) is 0.977. The van der Waals surface area contributed by atoms with Gasteiger partial charge < -0.3 is 10.5 Å². The van der Waals surface area contributed by atoms with Crippen LogP contribution in [-0.4, -0.2) is 13.2 Å². The van der Waals surface area contributed by atoms with Crippen molar-refractivity contribution in [3.63, 3.8) is 0 Å². The van der Waals surface area contributed by atoms with Gasteiger partial charge in [0.2, 0.25) is 0 Å². The molecule has 102 valence electrons. The van der Waals surface area contributed by atoms with Crippen molar-refractivity contribution < 1.29 is 4.74 Å². The number of hydrogen-bond acceptors (Lipinski definition) is 2. The molecule has 2 nitrogen and oxygen atoms in total. The summed E-state index contributed by atoms with van der Waals surface area (Å²) >= 11 is 0. The molecule has 0 saturated heterocycles. The minimum Gasteiger partial charge on any atom is -0.494 e. The molecule has 0 bridgehead atoms. The van der Waals surface area contributed by atoms with E-state index in [1.807, 2.05) is 0 Å². The summed E-state index contributed by atoms with van der Waals surface area (Å²) in [4.78, 5) is 0. The van der Waals surface area contributed by atoms with E-state index in [2.05, 4.69) is 58.9 Å². The molecule has 0 atom stereocenters. The van der Waals surface area contributed by atoms with Crippen LogP contribution in [0.15, 0.2) is 24.3 Å². The SMILES string of the molecule is CC(C)(CN)CCOc1ccc(C(C)(C)C)cc1. The summed E-state index contributed by atoms with van der Waals surface area (Å²) in [5, 5.41) is 0. The molecule has 0 amide bonds. The highest BCUT2D eigenvalue weighted by Gasteiger charge is 2.16. The van der Waals surface area contributed by atoms with Gasteiger partial charge in [0.25, 0.3) is 0 Å². The highest BCUT2D eigenvalue weighted by atomic mass is 16.5. The second-order valence-electron chi connectivity index (χ2n) is 6.74.